The number of aromatic nitrogens is 2. The van der Waals surface area contributed by atoms with Crippen LogP contribution in [0.1, 0.15) is 6.92 Å². The van der Waals surface area contributed by atoms with Crippen LogP contribution >= 0.6 is 22.9 Å². The molecular weight excluding hydrogens is 249 g/mol. The molecule has 0 aliphatic carbocycles. The molecule has 0 fully saturated rings. The van der Waals surface area contributed by atoms with Gasteiger partial charge in [0, 0.05) is 12.1 Å². The molecule has 16 heavy (non-hydrogen) atoms. The van der Waals surface area contributed by atoms with E-state index in [0.717, 1.165) is 22.2 Å². The van der Waals surface area contributed by atoms with Crippen LogP contribution in [0.15, 0.2) is 18.2 Å². The molecule has 1 aromatic carbocycles. The summed E-state index contributed by atoms with van der Waals surface area (Å²) in [6, 6.07) is 4.51. The molecule has 2 rings (SSSR count). The van der Waals surface area contributed by atoms with Gasteiger partial charge in [0.15, 0.2) is 0 Å². The van der Waals surface area contributed by atoms with E-state index in [1.165, 1.54) is 17.4 Å². The minimum Gasteiger partial charge on any atom is -0.360 e. The van der Waals surface area contributed by atoms with Crippen molar-refractivity contribution < 1.29 is 4.39 Å². The van der Waals surface area contributed by atoms with E-state index in [9.17, 15) is 4.39 Å². The predicted molar refractivity (Wildman–Crippen MR) is 64.5 cm³/mol. The summed E-state index contributed by atoms with van der Waals surface area (Å²) in [6.45, 7) is 2.77. The smallest absolute Gasteiger partial charge is 0.205 e. The Morgan fingerprint density at radius 2 is 2.25 bits per heavy atom. The van der Waals surface area contributed by atoms with Crippen LogP contribution in [0.4, 0.5) is 9.52 Å². The first kappa shape index (κ1) is 11.3. The molecule has 0 unspecified atom stereocenters. The van der Waals surface area contributed by atoms with Crippen LogP contribution in [0.25, 0.3) is 10.6 Å². The normalized spacial score (nSPS) is 10.4. The first-order valence-corrected chi connectivity index (χ1v) is 5.93. The van der Waals surface area contributed by atoms with Gasteiger partial charge in [0.2, 0.25) is 5.13 Å². The average molecular weight is 258 g/mol. The molecular formula is C10H9ClFN3S. The highest BCUT2D eigenvalue weighted by atomic mass is 35.5. The van der Waals surface area contributed by atoms with Crippen LogP contribution in [0.2, 0.25) is 5.02 Å². The van der Waals surface area contributed by atoms with Crippen molar-refractivity contribution in [3.8, 4) is 10.6 Å². The summed E-state index contributed by atoms with van der Waals surface area (Å²) in [5.41, 5.74) is 0.771. The van der Waals surface area contributed by atoms with Crippen LogP contribution in [-0.2, 0) is 0 Å². The maximum atomic E-state index is 13.0. The van der Waals surface area contributed by atoms with Crippen molar-refractivity contribution in [1.29, 1.82) is 0 Å². The van der Waals surface area contributed by atoms with E-state index in [4.69, 9.17) is 11.6 Å². The molecule has 3 nitrogen and oxygen atoms in total. The van der Waals surface area contributed by atoms with Crippen molar-refractivity contribution in [3.63, 3.8) is 0 Å². The molecule has 0 amide bonds. The Morgan fingerprint density at radius 3 is 2.94 bits per heavy atom. The quantitative estimate of drug-likeness (QED) is 0.915. The topological polar surface area (TPSA) is 37.8 Å². The zero-order valence-electron chi connectivity index (χ0n) is 8.50. The third-order valence-corrected chi connectivity index (χ3v) is 3.14. The van der Waals surface area contributed by atoms with Gasteiger partial charge in [-0.3, -0.25) is 0 Å². The maximum absolute atomic E-state index is 13.0. The second kappa shape index (κ2) is 4.76. The molecule has 1 aromatic heterocycles. The fraction of sp³-hybridized carbons (Fsp3) is 0.200. The van der Waals surface area contributed by atoms with Gasteiger partial charge in [-0.25, -0.2) is 4.39 Å². The Morgan fingerprint density at radius 1 is 1.44 bits per heavy atom. The lowest BCUT2D eigenvalue weighted by Gasteiger charge is -1.97. The monoisotopic (exact) mass is 257 g/mol. The van der Waals surface area contributed by atoms with Crippen molar-refractivity contribution in [2.75, 3.05) is 11.9 Å². The van der Waals surface area contributed by atoms with Gasteiger partial charge in [-0.15, -0.1) is 10.2 Å². The van der Waals surface area contributed by atoms with Gasteiger partial charge in [-0.05, 0) is 25.1 Å². The number of nitrogens with zero attached hydrogens (tertiary/aromatic N) is 2. The highest BCUT2D eigenvalue weighted by molar-refractivity contribution is 7.18. The number of halogens is 2. The fourth-order valence-corrected chi connectivity index (χ4v) is 2.18. The molecule has 1 N–H and O–H groups in total. The van der Waals surface area contributed by atoms with Crippen LogP contribution < -0.4 is 5.32 Å². The molecule has 0 atom stereocenters. The summed E-state index contributed by atoms with van der Waals surface area (Å²) in [6.07, 6.45) is 0. The predicted octanol–water partition coefficient (Wildman–Crippen LogP) is 3.43. The average Bonchev–Trinajstić information content (AvgIpc) is 2.71. The van der Waals surface area contributed by atoms with Crippen LogP contribution in [0.5, 0.6) is 0 Å². The molecule has 0 saturated carbocycles. The molecule has 0 spiro atoms. The molecule has 0 radical (unpaired) electrons. The molecule has 2 aromatic rings. The largest absolute Gasteiger partial charge is 0.360 e. The van der Waals surface area contributed by atoms with E-state index in [1.807, 2.05) is 6.92 Å². The number of hydrogen-bond donors (Lipinski definition) is 1. The molecule has 1 heterocycles. The molecule has 0 bridgehead atoms. The SMILES string of the molecule is CCNc1nnc(-c2ccc(F)c(Cl)c2)s1. The highest BCUT2D eigenvalue weighted by Crippen LogP contribution is 2.29. The lowest BCUT2D eigenvalue weighted by molar-refractivity contribution is 0.628. The Balaban J connectivity index is 2.31. The summed E-state index contributed by atoms with van der Waals surface area (Å²) >= 11 is 7.11. The number of rotatable bonds is 3. The van der Waals surface area contributed by atoms with Gasteiger partial charge in [-0.2, -0.15) is 0 Å². The first-order chi connectivity index (χ1) is 7.70. The summed E-state index contributed by atoms with van der Waals surface area (Å²) in [4.78, 5) is 0. The van der Waals surface area contributed by atoms with Gasteiger partial charge in [0.05, 0.1) is 5.02 Å². The van der Waals surface area contributed by atoms with Gasteiger partial charge < -0.3 is 5.32 Å². The number of anilines is 1. The molecule has 0 aliphatic rings. The van der Waals surface area contributed by atoms with Crippen molar-refractivity contribution in [2.24, 2.45) is 0 Å². The van der Waals surface area contributed by atoms with Crippen molar-refractivity contribution in [3.05, 3.63) is 29.0 Å². The van der Waals surface area contributed by atoms with Crippen molar-refractivity contribution >= 4 is 28.1 Å². The third kappa shape index (κ3) is 2.31. The highest BCUT2D eigenvalue weighted by Gasteiger charge is 2.08. The van der Waals surface area contributed by atoms with Gasteiger partial charge in [0.25, 0.3) is 0 Å². The van der Waals surface area contributed by atoms with E-state index < -0.39 is 5.82 Å². The van der Waals surface area contributed by atoms with Gasteiger partial charge in [-0.1, -0.05) is 22.9 Å². The van der Waals surface area contributed by atoms with Crippen LogP contribution in [0, 0.1) is 5.82 Å². The Hall–Kier alpha value is -1.20. The molecule has 84 valence electrons. The van der Waals surface area contributed by atoms with E-state index in [0.29, 0.717) is 0 Å². The molecule has 6 heteroatoms. The lowest BCUT2D eigenvalue weighted by atomic mass is 10.2. The summed E-state index contributed by atoms with van der Waals surface area (Å²) in [5.74, 6) is -0.429. The second-order valence-electron chi connectivity index (χ2n) is 3.07. The summed E-state index contributed by atoms with van der Waals surface area (Å²) < 4.78 is 13.0. The van der Waals surface area contributed by atoms with E-state index >= 15 is 0 Å². The first-order valence-electron chi connectivity index (χ1n) is 4.73. The third-order valence-electron chi connectivity index (χ3n) is 1.92. The zero-order chi connectivity index (χ0) is 11.5. The van der Waals surface area contributed by atoms with Crippen LogP contribution in [0.3, 0.4) is 0 Å². The lowest BCUT2D eigenvalue weighted by Crippen LogP contribution is -1.94. The maximum Gasteiger partial charge on any atom is 0.205 e. The Bertz CT molecular complexity index is 501. The minimum absolute atomic E-state index is 0.0951. The van der Waals surface area contributed by atoms with E-state index in [2.05, 4.69) is 15.5 Å². The summed E-state index contributed by atoms with van der Waals surface area (Å²) in [7, 11) is 0. The van der Waals surface area contributed by atoms with Crippen LogP contribution in [-0.4, -0.2) is 16.7 Å². The van der Waals surface area contributed by atoms with Crippen molar-refractivity contribution in [2.45, 2.75) is 6.92 Å². The minimum atomic E-state index is -0.429. The Kier molecular flexibility index (Phi) is 3.36. The van der Waals surface area contributed by atoms with Crippen molar-refractivity contribution in [1.82, 2.24) is 10.2 Å². The zero-order valence-corrected chi connectivity index (χ0v) is 10.1. The van der Waals surface area contributed by atoms with Gasteiger partial charge >= 0.3 is 0 Å². The number of hydrogen-bond acceptors (Lipinski definition) is 4. The van der Waals surface area contributed by atoms with E-state index in [-0.39, 0.29) is 5.02 Å². The molecule has 0 saturated heterocycles. The number of benzene rings is 1. The number of nitrogens with one attached hydrogen (secondary N) is 1. The Labute approximate surface area is 101 Å². The summed E-state index contributed by atoms with van der Waals surface area (Å²) in [5, 5.41) is 12.6. The molecule has 0 aliphatic heterocycles. The fourth-order valence-electron chi connectivity index (χ4n) is 1.19. The second-order valence-corrected chi connectivity index (χ2v) is 4.46. The van der Waals surface area contributed by atoms with Gasteiger partial charge in [0.1, 0.15) is 10.8 Å². The van der Waals surface area contributed by atoms with E-state index in [1.54, 1.807) is 12.1 Å². The standard InChI is InChI=1S/C10H9ClFN3S/c1-2-13-10-15-14-9(16-10)6-3-4-8(12)7(11)5-6/h3-5H,2H2,1H3,(H,13,15).